The van der Waals surface area contributed by atoms with E-state index in [4.69, 9.17) is 4.42 Å². The Bertz CT molecular complexity index is 893. The molecule has 1 aromatic carbocycles. The molecule has 1 atom stereocenters. The van der Waals surface area contributed by atoms with Crippen molar-refractivity contribution in [3.63, 3.8) is 0 Å². The van der Waals surface area contributed by atoms with Gasteiger partial charge in [0.15, 0.2) is 11.5 Å². The smallest absolute Gasteiger partial charge is 0.358 e. The number of aromatic carboxylic acids is 1. The molecule has 132 valence electrons. The zero-order chi connectivity index (χ0) is 17.9. The van der Waals surface area contributed by atoms with Gasteiger partial charge in [0.05, 0.1) is 6.54 Å². The van der Waals surface area contributed by atoms with Gasteiger partial charge in [0, 0.05) is 24.5 Å². The van der Waals surface area contributed by atoms with Gasteiger partial charge < -0.3 is 9.52 Å². The zero-order valence-electron chi connectivity index (χ0n) is 14.2. The molecule has 0 bridgehead atoms. The maximum atomic E-state index is 11.6. The Morgan fingerprint density at radius 2 is 2.08 bits per heavy atom. The first kappa shape index (κ1) is 16.5. The molecule has 3 aromatic rings. The number of benzene rings is 1. The second-order valence-corrected chi connectivity index (χ2v) is 6.47. The molecule has 1 unspecified atom stereocenters. The fourth-order valence-electron chi connectivity index (χ4n) is 3.40. The maximum absolute atomic E-state index is 11.6. The van der Waals surface area contributed by atoms with Crippen molar-refractivity contribution in [2.75, 3.05) is 13.1 Å². The molecular formula is C20H19N3O3. The predicted octanol–water partition coefficient (Wildman–Crippen LogP) is 3.42. The van der Waals surface area contributed by atoms with Gasteiger partial charge in [0.1, 0.15) is 0 Å². The number of rotatable bonds is 5. The molecule has 4 rings (SSSR count). The molecule has 6 heteroatoms. The molecular weight excluding hydrogens is 330 g/mol. The number of carboxylic acids is 1. The Kier molecular flexibility index (Phi) is 4.50. The third-order valence-electron chi connectivity index (χ3n) is 4.72. The fraction of sp³-hybridized carbons (Fsp3) is 0.250. The fourth-order valence-corrected chi connectivity index (χ4v) is 3.40. The molecule has 1 aliphatic heterocycles. The van der Waals surface area contributed by atoms with Crippen LogP contribution in [-0.4, -0.2) is 39.0 Å². The summed E-state index contributed by atoms with van der Waals surface area (Å²) in [6.07, 6.45) is 4.70. The predicted molar refractivity (Wildman–Crippen MR) is 95.8 cm³/mol. The van der Waals surface area contributed by atoms with E-state index in [0.717, 1.165) is 25.1 Å². The second kappa shape index (κ2) is 7.09. The van der Waals surface area contributed by atoms with Crippen molar-refractivity contribution in [1.82, 2.24) is 14.9 Å². The summed E-state index contributed by atoms with van der Waals surface area (Å²) in [5, 5.41) is 9.48. The number of nitrogens with zero attached hydrogens (tertiary/aromatic N) is 3. The molecule has 1 fully saturated rings. The zero-order valence-corrected chi connectivity index (χ0v) is 14.2. The highest BCUT2D eigenvalue weighted by molar-refractivity contribution is 5.87. The van der Waals surface area contributed by atoms with Gasteiger partial charge in [-0.1, -0.05) is 24.3 Å². The highest BCUT2D eigenvalue weighted by Crippen LogP contribution is 2.29. The molecule has 0 aliphatic carbocycles. The lowest BCUT2D eigenvalue weighted by Gasteiger charge is -2.14. The van der Waals surface area contributed by atoms with E-state index < -0.39 is 5.97 Å². The van der Waals surface area contributed by atoms with Gasteiger partial charge in [-0.3, -0.25) is 9.88 Å². The lowest BCUT2D eigenvalue weighted by atomic mass is 10.0. The quantitative estimate of drug-likeness (QED) is 0.760. The minimum absolute atomic E-state index is 0.00585. The summed E-state index contributed by atoms with van der Waals surface area (Å²) in [4.78, 5) is 22.2. The summed E-state index contributed by atoms with van der Waals surface area (Å²) < 4.78 is 5.82. The highest BCUT2D eigenvalue weighted by Gasteiger charge is 2.28. The van der Waals surface area contributed by atoms with Crippen LogP contribution in [-0.2, 0) is 6.54 Å². The minimum atomic E-state index is -1.06. The molecule has 1 saturated heterocycles. The largest absolute Gasteiger partial charge is 0.476 e. The van der Waals surface area contributed by atoms with E-state index in [1.165, 1.54) is 5.56 Å². The number of likely N-dealkylation sites (tertiary alicyclic amines) is 1. The molecule has 0 radical (unpaired) electrons. The van der Waals surface area contributed by atoms with Crippen LogP contribution < -0.4 is 0 Å². The number of carboxylic acid groups (broad SMARTS) is 1. The van der Waals surface area contributed by atoms with Crippen LogP contribution in [0.15, 0.2) is 59.3 Å². The van der Waals surface area contributed by atoms with Crippen LogP contribution >= 0.6 is 0 Å². The molecule has 6 nitrogen and oxygen atoms in total. The summed E-state index contributed by atoms with van der Waals surface area (Å²) in [5.41, 5.74) is 1.99. The van der Waals surface area contributed by atoms with Crippen molar-refractivity contribution in [2.24, 2.45) is 0 Å². The van der Waals surface area contributed by atoms with Crippen LogP contribution in [0.2, 0.25) is 0 Å². The van der Waals surface area contributed by atoms with Crippen LogP contribution in [0.1, 0.15) is 34.2 Å². The molecule has 3 heterocycles. The van der Waals surface area contributed by atoms with Gasteiger partial charge in [0.2, 0.25) is 5.89 Å². The van der Waals surface area contributed by atoms with Crippen molar-refractivity contribution in [1.29, 1.82) is 0 Å². The van der Waals surface area contributed by atoms with E-state index in [1.54, 1.807) is 6.20 Å². The number of hydrogen-bond acceptors (Lipinski definition) is 5. The molecule has 0 saturated carbocycles. The van der Waals surface area contributed by atoms with Crippen molar-refractivity contribution in [2.45, 2.75) is 18.9 Å². The summed E-state index contributed by atoms with van der Waals surface area (Å²) in [5.74, 6) is 0.103. The minimum Gasteiger partial charge on any atom is -0.476 e. The topological polar surface area (TPSA) is 79.5 Å². The van der Waals surface area contributed by atoms with Crippen molar-refractivity contribution >= 4 is 5.97 Å². The van der Waals surface area contributed by atoms with Crippen LogP contribution in [0.25, 0.3) is 11.5 Å². The summed E-state index contributed by atoms with van der Waals surface area (Å²) in [6.45, 7) is 2.18. The third kappa shape index (κ3) is 3.36. The first-order valence-electron chi connectivity index (χ1n) is 8.61. The normalized spacial score (nSPS) is 17.5. The second-order valence-electron chi connectivity index (χ2n) is 6.47. The van der Waals surface area contributed by atoms with Crippen LogP contribution in [0.4, 0.5) is 0 Å². The Labute approximate surface area is 151 Å². The monoisotopic (exact) mass is 349 g/mol. The maximum Gasteiger partial charge on any atom is 0.358 e. The Hall–Kier alpha value is -2.99. The molecule has 1 N–H and O–H groups in total. The molecule has 0 spiro atoms. The first-order valence-corrected chi connectivity index (χ1v) is 8.61. The van der Waals surface area contributed by atoms with Crippen molar-refractivity contribution in [3.8, 4) is 11.5 Å². The van der Waals surface area contributed by atoms with E-state index in [9.17, 15) is 9.90 Å². The standard InChI is InChI=1S/C20H19N3O3/c24-20(25)18-17(26-19(22-18)14-5-2-1-3-6-14)13-23-10-8-16(12-23)15-7-4-9-21-11-15/h1-7,9,11,16H,8,10,12-13H2,(H,24,25). The van der Waals surface area contributed by atoms with Gasteiger partial charge in [-0.05, 0) is 42.6 Å². The Morgan fingerprint density at radius 3 is 2.81 bits per heavy atom. The molecule has 1 aliphatic rings. The van der Waals surface area contributed by atoms with Crippen LogP contribution in [0, 0.1) is 0 Å². The lowest BCUT2D eigenvalue weighted by Crippen LogP contribution is -2.20. The summed E-state index contributed by atoms with van der Waals surface area (Å²) in [6, 6.07) is 13.4. The van der Waals surface area contributed by atoms with Gasteiger partial charge in [-0.25, -0.2) is 9.78 Å². The van der Waals surface area contributed by atoms with E-state index in [0.29, 0.717) is 24.1 Å². The van der Waals surface area contributed by atoms with Crippen molar-refractivity contribution in [3.05, 3.63) is 71.9 Å². The Morgan fingerprint density at radius 1 is 1.23 bits per heavy atom. The number of pyridine rings is 1. The summed E-state index contributed by atoms with van der Waals surface area (Å²) in [7, 11) is 0. The summed E-state index contributed by atoms with van der Waals surface area (Å²) >= 11 is 0. The molecule has 2 aromatic heterocycles. The Balaban J connectivity index is 1.53. The van der Waals surface area contributed by atoms with Crippen LogP contribution in [0.3, 0.4) is 0 Å². The lowest BCUT2D eigenvalue weighted by molar-refractivity contribution is 0.0687. The van der Waals surface area contributed by atoms with E-state index in [2.05, 4.69) is 20.9 Å². The van der Waals surface area contributed by atoms with E-state index in [1.807, 2.05) is 42.6 Å². The SMILES string of the molecule is O=C(O)c1nc(-c2ccccc2)oc1CN1CCC(c2cccnc2)C1. The third-order valence-corrected chi connectivity index (χ3v) is 4.72. The van der Waals surface area contributed by atoms with Gasteiger partial charge in [-0.2, -0.15) is 0 Å². The van der Waals surface area contributed by atoms with E-state index >= 15 is 0 Å². The number of oxazole rings is 1. The number of carbonyl (C=O) groups is 1. The van der Waals surface area contributed by atoms with Gasteiger partial charge >= 0.3 is 5.97 Å². The molecule has 0 amide bonds. The van der Waals surface area contributed by atoms with Crippen molar-refractivity contribution < 1.29 is 14.3 Å². The molecule has 26 heavy (non-hydrogen) atoms. The highest BCUT2D eigenvalue weighted by atomic mass is 16.4. The van der Waals surface area contributed by atoms with Crippen LogP contribution in [0.5, 0.6) is 0 Å². The first-order chi connectivity index (χ1) is 12.7. The number of aromatic nitrogens is 2. The van der Waals surface area contributed by atoms with Gasteiger partial charge in [0.25, 0.3) is 0 Å². The van der Waals surface area contributed by atoms with E-state index in [-0.39, 0.29) is 5.69 Å². The van der Waals surface area contributed by atoms with Gasteiger partial charge in [-0.15, -0.1) is 0 Å². The average molecular weight is 349 g/mol. The average Bonchev–Trinajstić information content (AvgIpc) is 3.31. The number of hydrogen-bond donors (Lipinski definition) is 1.